The van der Waals surface area contributed by atoms with Gasteiger partial charge in [0.05, 0.1) is 6.61 Å². The third kappa shape index (κ3) is 3.64. The molecule has 0 saturated carbocycles. The van der Waals surface area contributed by atoms with Crippen LogP contribution in [0.2, 0.25) is 0 Å². The summed E-state index contributed by atoms with van der Waals surface area (Å²) in [6.45, 7) is 3.04. The zero-order valence-corrected chi connectivity index (χ0v) is 11.6. The molecule has 1 N–H and O–H groups in total. The van der Waals surface area contributed by atoms with Crippen molar-refractivity contribution in [3.05, 3.63) is 0 Å². The largest absolute Gasteiger partial charge is 0.395 e. The molecular weight excluding hydrogens is 240 g/mol. The molecule has 0 aromatic heterocycles. The fourth-order valence-corrected chi connectivity index (χ4v) is 3.76. The second kappa shape index (κ2) is 6.68. The van der Waals surface area contributed by atoms with Crippen molar-refractivity contribution in [1.82, 2.24) is 8.61 Å². The molecule has 0 aromatic carbocycles. The monoisotopic (exact) mass is 264 g/mol. The second-order valence-electron chi connectivity index (χ2n) is 4.63. The van der Waals surface area contributed by atoms with Crippen LogP contribution in [0.5, 0.6) is 0 Å². The Morgan fingerprint density at radius 1 is 1.41 bits per heavy atom. The van der Waals surface area contributed by atoms with Crippen LogP contribution in [-0.2, 0) is 10.2 Å². The van der Waals surface area contributed by atoms with Gasteiger partial charge in [-0.3, -0.25) is 0 Å². The zero-order valence-electron chi connectivity index (χ0n) is 10.8. The van der Waals surface area contributed by atoms with Crippen molar-refractivity contribution in [1.29, 1.82) is 0 Å². The standard InChI is InChI=1S/C11H24N2O3S/c1-3-4-8-12(2)17(15,16)13-9-6-5-7-11(13)10-14/h11,14H,3-10H2,1-2H3. The lowest BCUT2D eigenvalue weighted by Crippen LogP contribution is -2.51. The number of hydrogen-bond donors (Lipinski definition) is 1. The highest BCUT2D eigenvalue weighted by Gasteiger charge is 2.34. The molecule has 1 aliphatic heterocycles. The summed E-state index contributed by atoms with van der Waals surface area (Å²) < 4.78 is 27.5. The predicted molar refractivity (Wildman–Crippen MR) is 67.9 cm³/mol. The Balaban J connectivity index is 2.73. The molecule has 1 unspecified atom stereocenters. The third-order valence-electron chi connectivity index (χ3n) is 3.30. The summed E-state index contributed by atoms with van der Waals surface area (Å²) >= 11 is 0. The van der Waals surface area contributed by atoms with Gasteiger partial charge in [0.15, 0.2) is 0 Å². The van der Waals surface area contributed by atoms with Gasteiger partial charge in [-0.05, 0) is 19.3 Å². The fraction of sp³-hybridized carbons (Fsp3) is 1.00. The van der Waals surface area contributed by atoms with E-state index < -0.39 is 10.2 Å². The number of rotatable bonds is 6. The Bertz CT molecular complexity index is 319. The number of nitrogens with zero attached hydrogens (tertiary/aromatic N) is 2. The first kappa shape index (κ1) is 14.9. The lowest BCUT2D eigenvalue weighted by Gasteiger charge is -2.36. The molecule has 1 fully saturated rings. The van der Waals surface area contributed by atoms with Crippen molar-refractivity contribution in [3.63, 3.8) is 0 Å². The average Bonchev–Trinajstić information content (AvgIpc) is 2.35. The van der Waals surface area contributed by atoms with E-state index in [1.54, 1.807) is 7.05 Å². The Morgan fingerprint density at radius 3 is 2.71 bits per heavy atom. The summed E-state index contributed by atoms with van der Waals surface area (Å²) in [5.74, 6) is 0. The van der Waals surface area contributed by atoms with E-state index in [1.807, 2.05) is 6.92 Å². The molecule has 17 heavy (non-hydrogen) atoms. The van der Waals surface area contributed by atoms with Gasteiger partial charge >= 0.3 is 0 Å². The van der Waals surface area contributed by atoms with Crippen LogP contribution in [0, 0.1) is 0 Å². The normalized spacial score (nSPS) is 23.2. The first-order valence-electron chi connectivity index (χ1n) is 6.38. The van der Waals surface area contributed by atoms with E-state index >= 15 is 0 Å². The van der Waals surface area contributed by atoms with Gasteiger partial charge in [-0.1, -0.05) is 19.8 Å². The summed E-state index contributed by atoms with van der Waals surface area (Å²) in [4.78, 5) is 0. The van der Waals surface area contributed by atoms with E-state index in [0.717, 1.165) is 32.1 Å². The molecule has 0 spiro atoms. The molecule has 5 nitrogen and oxygen atoms in total. The molecule has 0 radical (unpaired) electrons. The molecule has 1 aliphatic rings. The predicted octanol–water partition coefficient (Wildman–Crippen LogP) is 0.810. The van der Waals surface area contributed by atoms with E-state index in [9.17, 15) is 13.5 Å². The molecule has 0 aromatic rings. The van der Waals surface area contributed by atoms with Gasteiger partial charge in [-0.2, -0.15) is 17.0 Å². The van der Waals surface area contributed by atoms with E-state index in [1.165, 1.54) is 8.61 Å². The van der Waals surface area contributed by atoms with Gasteiger partial charge in [0, 0.05) is 26.2 Å². The number of piperidine rings is 1. The van der Waals surface area contributed by atoms with Crippen LogP contribution in [0.3, 0.4) is 0 Å². The van der Waals surface area contributed by atoms with E-state index in [2.05, 4.69) is 0 Å². The number of aliphatic hydroxyl groups excluding tert-OH is 1. The molecule has 0 aliphatic carbocycles. The van der Waals surface area contributed by atoms with Crippen LogP contribution in [0.4, 0.5) is 0 Å². The quantitative estimate of drug-likeness (QED) is 0.772. The van der Waals surface area contributed by atoms with E-state index in [0.29, 0.717) is 13.1 Å². The molecule has 0 bridgehead atoms. The van der Waals surface area contributed by atoms with Crippen LogP contribution in [0.1, 0.15) is 39.0 Å². The number of aliphatic hydroxyl groups is 1. The van der Waals surface area contributed by atoms with Crippen molar-refractivity contribution in [2.45, 2.75) is 45.1 Å². The molecule has 1 saturated heterocycles. The van der Waals surface area contributed by atoms with Crippen molar-refractivity contribution in [2.24, 2.45) is 0 Å². The number of hydrogen-bond acceptors (Lipinski definition) is 3. The molecule has 0 amide bonds. The zero-order chi connectivity index (χ0) is 12.9. The van der Waals surface area contributed by atoms with E-state index in [4.69, 9.17) is 0 Å². The molecule has 1 atom stereocenters. The third-order valence-corrected chi connectivity index (χ3v) is 5.34. The van der Waals surface area contributed by atoms with Crippen LogP contribution < -0.4 is 0 Å². The molecular formula is C11H24N2O3S. The van der Waals surface area contributed by atoms with Crippen LogP contribution >= 0.6 is 0 Å². The van der Waals surface area contributed by atoms with Gasteiger partial charge in [-0.25, -0.2) is 0 Å². The van der Waals surface area contributed by atoms with Crippen molar-refractivity contribution >= 4 is 10.2 Å². The van der Waals surface area contributed by atoms with Gasteiger partial charge < -0.3 is 5.11 Å². The molecule has 6 heteroatoms. The Labute approximate surface area is 105 Å². The van der Waals surface area contributed by atoms with Crippen molar-refractivity contribution < 1.29 is 13.5 Å². The molecule has 1 rings (SSSR count). The Hall–Kier alpha value is -0.170. The summed E-state index contributed by atoms with van der Waals surface area (Å²) in [6, 6.07) is -0.238. The van der Waals surface area contributed by atoms with Crippen molar-refractivity contribution in [3.8, 4) is 0 Å². The SMILES string of the molecule is CCCCN(C)S(=O)(=O)N1CCCCC1CO. The van der Waals surface area contributed by atoms with Gasteiger partial charge in [-0.15, -0.1) is 0 Å². The first-order valence-corrected chi connectivity index (χ1v) is 7.77. The minimum Gasteiger partial charge on any atom is -0.395 e. The summed E-state index contributed by atoms with van der Waals surface area (Å²) in [5, 5.41) is 9.26. The summed E-state index contributed by atoms with van der Waals surface area (Å²) in [7, 11) is -1.77. The van der Waals surface area contributed by atoms with Crippen LogP contribution in [0.15, 0.2) is 0 Å². The molecule has 1 heterocycles. The van der Waals surface area contributed by atoms with Crippen LogP contribution in [0.25, 0.3) is 0 Å². The maximum atomic E-state index is 12.3. The maximum absolute atomic E-state index is 12.3. The minimum absolute atomic E-state index is 0.0825. The van der Waals surface area contributed by atoms with Gasteiger partial charge in [0.2, 0.25) is 0 Å². The van der Waals surface area contributed by atoms with Gasteiger partial charge in [0.1, 0.15) is 0 Å². The smallest absolute Gasteiger partial charge is 0.282 e. The lowest BCUT2D eigenvalue weighted by atomic mass is 10.1. The lowest BCUT2D eigenvalue weighted by molar-refractivity contribution is 0.149. The molecule has 102 valence electrons. The average molecular weight is 264 g/mol. The number of unbranched alkanes of at least 4 members (excludes halogenated alkanes) is 1. The highest BCUT2D eigenvalue weighted by atomic mass is 32.2. The Kier molecular flexibility index (Phi) is 5.85. The second-order valence-corrected chi connectivity index (χ2v) is 6.61. The summed E-state index contributed by atoms with van der Waals surface area (Å²) in [5.41, 5.74) is 0. The van der Waals surface area contributed by atoms with Crippen LogP contribution in [-0.4, -0.2) is 54.9 Å². The Morgan fingerprint density at radius 2 is 2.12 bits per heavy atom. The highest BCUT2D eigenvalue weighted by Crippen LogP contribution is 2.21. The summed E-state index contributed by atoms with van der Waals surface area (Å²) in [6.07, 6.45) is 4.49. The highest BCUT2D eigenvalue weighted by molar-refractivity contribution is 7.86. The van der Waals surface area contributed by atoms with Gasteiger partial charge in [0.25, 0.3) is 10.2 Å². The van der Waals surface area contributed by atoms with Crippen molar-refractivity contribution in [2.75, 3.05) is 26.7 Å². The minimum atomic E-state index is -3.39. The fourth-order valence-electron chi connectivity index (χ4n) is 2.14. The first-order chi connectivity index (χ1) is 8.04. The maximum Gasteiger partial charge on any atom is 0.282 e. The van der Waals surface area contributed by atoms with E-state index in [-0.39, 0.29) is 12.6 Å². The topological polar surface area (TPSA) is 60.9 Å².